The number of fused-ring (bicyclic) bond motifs is 2. The number of hydrogen-bond donors (Lipinski definition) is 0. The fourth-order valence-corrected chi connectivity index (χ4v) is 2.58. The summed E-state index contributed by atoms with van der Waals surface area (Å²) in [6.45, 7) is 0. The molecule has 0 aliphatic carbocycles. The van der Waals surface area contributed by atoms with Gasteiger partial charge in [-0.1, -0.05) is 12.1 Å². The summed E-state index contributed by atoms with van der Waals surface area (Å²) in [6.07, 6.45) is 4.96. The van der Waals surface area contributed by atoms with Gasteiger partial charge in [0.05, 0.1) is 11.4 Å². The van der Waals surface area contributed by atoms with E-state index in [4.69, 9.17) is 0 Å². The standard InChI is InChI=1S/C14H10N2/c1-3-10-6-7-15-12-9-11-4-2-8-16(11)13(5-1)14(10)12/h1-8H,9H2. The molecule has 16 heavy (non-hydrogen) atoms. The van der Waals surface area contributed by atoms with E-state index < -0.39 is 0 Å². The van der Waals surface area contributed by atoms with E-state index >= 15 is 0 Å². The van der Waals surface area contributed by atoms with Gasteiger partial charge in [0.15, 0.2) is 0 Å². The Labute approximate surface area is 93.2 Å². The second-order valence-electron chi connectivity index (χ2n) is 4.18. The first kappa shape index (κ1) is 8.11. The summed E-state index contributed by atoms with van der Waals surface area (Å²) in [5, 5.41) is 2.58. The van der Waals surface area contributed by atoms with Crippen molar-refractivity contribution in [2.45, 2.75) is 6.42 Å². The van der Waals surface area contributed by atoms with Crippen LogP contribution in [-0.2, 0) is 6.42 Å². The molecule has 0 unspecified atom stereocenters. The lowest BCUT2D eigenvalue weighted by Crippen LogP contribution is -2.08. The lowest BCUT2D eigenvalue weighted by molar-refractivity contribution is 0.919. The second-order valence-corrected chi connectivity index (χ2v) is 4.18. The van der Waals surface area contributed by atoms with Crippen molar-refractivity contribution in [1.82, 2.24) is 9.55 Å². The maximum absolute atomic E-state index is 4.50. The third-order valence-electron chi connectivity index (χ3n) is 3.29. The summed E-state index contributed by atoms with van der Waals surface area (Å²) in [5.41, 5.74) is 3.77. The van der Waals surface area contributed by atoms with Crippen LogP contribution in [0.4, 0.5) is 0 Å². The summed E-state index contributed by atoms with van der Waals surface area (Å²) in [7, 11) is 0. The topological polar surface area (TPSA) is 17.8 Å². The van der Waals surface area contributed by atoms with E-state index in [0.717, 1.165) is 6.42 Å². The molecule has 76 valence electrons. The van der Waals surface area contributed by atoms with Crippen LogP contribution >= 0.6 is 0 Å². The van der Waals surface area contributed by atoms with Crippen LogP contribution in [-0.4, -0.2) is 9.55 Å². The van der Waals surface area contributed by atoms with Gasteiger partial charge >= 0.3 is 0 Å². The SMILES string of the molecule is c1cc2c3c(nccc3c1)Cc1cccn1-2. The normalized spacial score (nSPS) is 12.8. The minimum absolute atomic E-state index is 0.932. The van der Waals surface area contributed by atoms with Crippen molar-refractivity contribution >= 4 is 10.8 Å². The Morgan fingerprint density at radius 2 is 2.06 bits per heavy atom. The van der Waals surface area contributed by atoms with Gasteiger partial charge in [0, 0.05) is 29.9 Å². The highest BCUT2D eigenvalue weighted by Crippen LogP contribution is 2.31. The van der Waals surface area contributed by atoms with Gasteiger partial charge in [0.1, 0.15) is 0 Å². The van der Waals surface area contributed by atoms with Crippen molar-refractivity contribution in [2.75, 3.05) is 0 Å². The highest BCUT2D eigenvalue weighted by atomic mass is 15.0. The maximum atomic E-state index is 4.50. The van der Waals surface area contributed by atoms with E-state index in [-0.39, 0.29) is 0 Å². The predicted molar refractivity (Wildman–Crippen MR) is 63.9 cm³/mol. The molecule has 2 nitrogen and oxygen atoms in total. The Bertz CT molecular complexity index is 690. The first-order valence-electron chi connectivity index (χ1n) is 5.47. The molecule has 3 aromatic rings. The van der Waals surface area contributed by atoms with Gasteiger partial charge in [0.2, 0.25) is 0 Å². The monoisotopic (exact) mass is 206 g/mol. The van der Waals surface area contributed by atoms with Crippen LogP contribution in [0, 0.1) is 0 Å². The van der Waals surface area contributed by atoms with Crippen molar-refractivity contribution < 1.29 is 0 Å². The fourth-order valence-electron chi connectivity index (χ4n) is 2.58. The lowest BCUT2D eigenvalue weighted by Gasteiger charge is -2.19. The Balaban J connectivity index is 2.25. The molecule has 1 aromatic carbocycles. The molecule has 0 fully saturated rings. The molecule has 0 radical (unpaired) electrons. The minimum Gasteiger partial charge on any atom is -0.320 e. The van der Waals surface area contributed by atoms with Crippen LogP contribution < -0.4 is 0 Å². The molecular weight excluding hydrogens is 196 g/mol. The van der Waals surface area contributed by atoms with Crippen LogP contribution in [0.15, 0.2) is 48.8 Å². The highest BCUT2D eigenvalue weighted by molar-refractivity contribution is 5.93. The van der Waals surface area contributed by atoms with Crippen LogP contribution in [0.1, 0.15) is 11.4 Å². The van der Waals surface area contributed by atoms with E-state index in [1.165, 1.54) is 27.8 Å². The van der Waals surface area contributed by atoms with Crippen LogP contribution in [0.25, 0.3) is 16.5 Å². The van der Waals surface area contributed by atoms with Gasteiger partial charge in [-0.05, 0) is 29.7 Å². The summed E-state index contributed by atoms with van der Waals surface area (Å²) in [5.74, 6) is 0. The number of aromatic nitrogens is 2. The van der Waals surface area contributed by atoms with E-state index in [2.05, 4.69) is 52.1 Å². The quantitative estimate of drug-likeness (QED) is 0.432. The van der Waals surface area contributed by atoms with Crippen molar-refractivity contribution in [3.63, 3.8) is 0 Å². The summed E-state index contributed by atoms with van der Waals surface area (Å²) in [4.78, 5) is 4.50. The molecule has 4 rings (SSSR count). The van der Waals surface area contributed by atoms with Crippen LogP contribution in [0.2, 0.25) is 0 Å². The molecule has 2 heteroatoms. The van der Waals surface area contributed by atoms with Gasteiger partial charge in [-0.2, -0.15) is 0 Å². The second kappa shape index (κ2) is 2.73. The lowest BCUT2D eigenvalue weighted by atomic mass is 10.0. The number of pyridine rings is 1. The Morgan fingerprint density at radius 1 is 1.06 bits per heavy atom. The van der Waals surface area contributed by atoms with Gasteiger partial charge in [0.25, 0.3) is 0 Å². The third kappa shape index (κ3) is 0.890. The third-order valence-corrected chi connectivity index (χ3v) is 3.29. The van der Waals surface area contributed by atoms with Crippen LogP contribution in [0.5, 0.6) is 0 Å². The molecule has 0 saturated carbocycles. The van der Waals surface area contributed by atoms with Crippen molar-refractivity contribution in [3.05, 3.63) is 60.2 Å². The largest absolute Gasteiger partial charge is 0.320 e. The molecule has 1 aliphatic heterocycles. The zero-order valence-corrected chi connectivity index (χ0v) is 8.72. The van der Waals surface area contributed by atoms with Crippen LogP contribution in [0.3, 0.4) is 0 Å². The molecule has 0 spiro atoms. The van der Waals surface area contributed by atoms with E-state index in [1.54, 1.807) is 0 Å². The zero-order valence-electron chi connectivity index (χ0n) is 8.72. The van der Waals surface area contributed by atoms with Crippen molar-refractivity contribution in [3.8, 4) is 5.69 Å². The number of hydrogen-bond acceptors (Lipinski definition) is 1. The average Bonchev–Trinajstić information content (AvgIpc) is 2.78. The molecule has 0 amide bonds. The molecule has 1 aliphatic rings. The summed E-state index contributed by atoms with van der Waals surface area (Å²) < 4.78 is 2.26. The Kier molecular flexibility index (Phi) is 1.38. The first-order valence-corrected chi connectivity index (χ1v) is 5.47. The average molecular weight is 206 g/mol. The van der Waals surface area contributed by atoms with Gasteiger partial charge in [-0.15, -0.1) is 0 Å². The highest BCUT2D eigenvalue weighted by Gasteiger charge is 2.17. The Morgan fingerprint density at radius 3 is 3.06 bits per heavy atom. The summed E-state index contributed by atoms with van der Waals surface area (Å²) in [6, 6.07) is 12.8. The van der Waals surface area contributed by atoms with E-state index in [9.17, 15) is 0 Å². The van der Waals surface area contributed by atoms with Crippen molar-refractivity contribution in [2.24, 2.45) is 0 Å². The van der Waals surface area contributed by atoms with Crippen molar-refractivity contribution in [1.29, 1.82) is 0 Å². The van der Waals surface area contributed by atoms with E-state index in [1.807, 2.05) is 6.20 Å². The first-order chi connectivity index (χ1) is 7.93. The zero-order chi connectivity index (χ0) is 10.5. The molecule has 3 heterocycles. The number of rotatable bonds is 0. The van der Waals surface area contributed by atoms with Gasteiger partial charge in [-0.25, -0.2) is 0 Å². The molecule has 0 bridgehead atoms. The number of nitrogens with zero attached hydrogens (tertiary/aromatic N) is 2. The van der Waals surface area contributed by atoms with Gasteiger partial charge < -0.3 is 4.57 Å². The molecule has 2 aromatic heterocycles. The van der Waals surface area contributed by atoms with E-state index in [0.29, 0.717) is 0 Å². The Hall–Kier alpha value is -2.09. The smallest absolute Gasteiger partial charge is 0.0561 e. The number of benzene rings is 1. The molecular formula is C14H10N2. The molecule has 0 N–H and O–H groups in total. The molecule has 0 atom stereocenters. The summed E-state index contributed by atoms with van der Waals surface area (Å²) >= 11 is 0. The minimum atomic E-state index is 0.932. The van der Waals surface area contributed by atoms with Gasteiger partial charge in [-0.3, -0.25) is 4.98 Å². The predicted octanol–water partition coefficient (Wildman–Crippen LogP) is 2.93. The maximum Gasteiger partial charge on any atom is 0.0561 e. The molecule has 0 saturated heterocycles. The fraction of sp³-hybridized carbons (Fsp3) is 0.0714.